The lowest BCUT2D eigenvalue weighted by molar-refractivity contribution is 0.386. The second-order valence-corrected chi connectivity index (χ2v) is 7.43. The standard InChI is InChI=1S/C19H31N/c1-19(2,3)17-12-10-15(11-13-17)18-9-7-5-6-8-16(18)14-20-4/h10-13,16,18,20H,5-9,14H2,1-4H3. The van der Waals surface area contributed by atoms with Crippen LogP contribution in [0.15, 0.2) is 24.3 Å². The number of hydrogen-bond acceptors (Lipinski definition) is 1. The molecular weight excluding hydrogens is 242 g/mol. The molecule has 0 aromatic heterocycles. The highest BCUT2D eigenvalue weighted by Gasteiger charge is 2.25. The quantitative estimate of drug-likeness (QED) is 0.775. The molecule has 1 aliphatic carbocycles. The monoisotopic (exact) mass is 273 g/mol. The third kappa shape index (κ3) is 3.85. The molecule has 1 saturated carbocycles. The lowest BCUT2D eigenvalue weighted by Crippen LogP contribution is -2.24. The van der Waals surface area contributed by atoms with Crippen molar-refractivity contribution in [2.75, 3.05) is 13.6 Å². The van der Waals surface area contributed by atoms with Crippen molar-refractivity contribution in [2.45, 2.75) is 64.2 Å². The molecule has 1 heteroatoms. The first-order chi connectivity index (χ1) is 9.52. The molecule has 112 valence electrons. The van der Waals surface area contributed by atoms with Crippen LogP contribution >= 0.6 is 0 Å². The topological polar surface area (TPSA) is 12.0 Å². The first-order valence-electron chi connectivity index (χ1n) is 8.27. The normalized spacial score (nSPS) is 24.4. The Bertz CT molecular complexity index is 399. The van der Waals surface area contributed by atoms with E-state index < -0.39 is 0 Å². The van der Waals surface area contributed by atoms with E-state index in [4.69, 9.17) is 0 Å². The predicted octanol–water partition coefficient (Wildman–Crippen LogP) is 4.87. The highest BCUT2D eigenvalue weighted by molar-refractivity contribution is 5.30. The van der Waals surface area contributed by atoms with Gasteiger partial charge in [0, 0.05) is 0 Å². The van der Waals surface area contributed by atoms with Crippen LogP contribution in [0.3, 0.4) is 0 Å². The molecule has 2 unspecified atom stereocenters. The first kappa shape index (κ1) is 15.6. The second kappa shape index (κ2) is 6.76. The number of rotatable bonds is 3. The van der Waals surface area contributed by atoms with E-state index in [-0.39, 0.29) is 5.41 Å². The molecule has 0 aliphatic heterocycles. The van der Waals surface area contributed by atoms with Gasteiger partial charge in [-0.1, -0.05) is 64.3 Å². The third-order valence-electron chi connectivity index (χ3n) is 4.83. The van der Waals surface area contributed by atoms with Gasteiger partial charge in [-0.2, -0.15) is 0 Å². The molecule has 0 bridgehead atoms. The Hall–Kier alpha value is -0.820. The Morgan fingerprint density at radius 3 is 2.25 bits per heavy atom. The van der Waals surface area contributed by atoms with Crippen LogP contribution in [-0.2, 0) is 5.41 Å². The lowest BCUT2D eigenvalue weighted by Gasteiger charge is -2.26. The van der Waals surface area contributed by atoms with E-state index in [0.29, 0.717) is 0 Å². The fourth-order valence-electron chi connectivity index (χ4n) is 3.56. The van der Waals surface area contributed by atoms with Crippen molar-refractivity contribution in [1.29, 1.82) is 0 Å². The molecule has 20 heavy (non-hydrogen) atoms. The Morgan fingerprint density at radius 1 is 1.00 bits per heavy atom. The van der Waals surface area contributed by atoms with Crippen molar-refractivity contribution in [3.63, 3.8) is 0 Å². The Kier molecular flexibility index (Phi) is 5.26. The highest BCUT2D eigenvalue weighted by atomic mass is 14.8. The van der Waals surface area contributed by atoms with E-state index in [9.17, 15) is 0 Å². The molecule has 1 aliphatic rings. The van der Waals surface area contributed by atoms with E-state index in [0.717, 1.165) is 18.4 Å². The van der Waals surface area contributed by atoms with Crippen molar-refractivity contribution >= 4 is 0 Å². The zero-order chi connectivity index (χ0) is 14.6. The Balaban J connectivity index is 2.18. The average molecular weight is 273 g/mol. The van der Waals surface area contributed by atoms with Gasteiger partial charge in [0.2, 0.25) is 0 Å². The molecule has 0 amide bonds. The Labute approximate surface area is 125 Å². The fourth-order valence-corrected chi connectivity index (χ4v) is 3.56. The smallest absolute Gasteiger partial charge is 0.00177 e. The minimum absolute atomic E-state index is 0.256. The summed E-state index contributed by atoms with van der Waals surface area (Å²) in [5, 5.41) is 3.40. The van der Waals surface area contributed by atoms with E-state index >= 15 is 0 Å². The highest BCUT2D eigenvalue weighted by Crippen LogP contribution is 2.37. The summed E-state index contributed by atoms with van der Waals surface area (Å²) in [7, 11) is 2.09. The van der Waals surface area contributed by atoms with E-state index in [1.165, 1.54) is 37.7 Å². The van der Waals surface area contributed by atoms with E-state index in [1.54, 1.807) is 5.56 Å². The van der Waals surface area contributed by atoms with Gasteiger partial charge in [0.05, 0.1) is 0 Å². The summed E-state index contributed by atoms with van der Waals surface area (Å²) in [6, 6.07) is 9.46. The molecule has 2 atom stereocenters. The minimum Gasteiger partial charge on any atom is -0.319 e. The van der Waals surface area contributed by atoms with Gasteiger partial charge in [-0.25, -0.2) is 0 Å². The molecule has 1 fully saturated rings. The molecule has 0 radical (unpaired) electrons. The third-order valence-corrected chi connectivity index (χ3v) is 4.83. The summed E-state index contributed by atoms with van der Waals surface area (Å²) >= 11 is 0. The lowest BCUT2D eigenvalue weighted by atomic mass is 9.80. The van der Waals surface area contributed by atoms with Gasteiger partial charge in [0.1, 0.15) is 0 Å². The molecule has 1 nitrogen and oxygen atoms in total. The predicted molar refractivity (Wildman–Crippen MR) is 88.4 cm³/mol. The molecule has 1 N–H and O–H groups in total. The van der Waals surface area contributed by atoms with Gasteiger partial charge in [-0.15, -0.1) is 0 Å². The second-order valence-electron chi connectivity index (χ2n) is 7.43. The average Bonchev–Trinajstić information content (AvgIpc) is 2.64. The maximum Gasteiger partial charge on any atom is -0.00177 e. The van der Waals surface area contributed by atoms with Crippen LogP contribution < -0.4 is 5.32 Å². The summed E-state index contributed by atoms with van der Waals surface area (Å²) in [6.07, 6.45) is 6.96. The largest absolute Gasteiger partial charge is 0.319 e. The van der Waals surface area contributed by atoms with Crippen LogP contribution in [0.1, 0.15) is 69.9 Å². The molecule has 0 spiro atoms. The molecule has 0 saturated heterocycles. The number of hydrogen-bond donors (Lipinski definition) is 1. The van der Waals surface area contributed by atoms with Crippen LogP contribution in [0.2, 0.25) is 0 Å². The summed E-state index contributed by atoms with van der Waals surface area (Å²) < 4.78 is 0. The van der Waals surface area contributed by atoms with Crippen LogP contribution in [0.25, 0.3) is 0 Å². The van der Waals surface area contributed by atoms with Crippen molar-refractivity contribution < 1.29 is 0 Å². The summed E-state index contributed by atoms with van der Waals surface area (Å²) in [6.45, 7) is 8.03. The maximum absolute atomic E-state index is 3.40. The van der Waals surface area contributed by atoms with Gasteiger partial charge in [-0.05, 0) is 54.8 Å². The minimum atomic E-state index is 0.256. The van der Waals surface area contributed by atoms with Crippen molar-refractivity contribution in [2.24, 2.45) is 5.92 Å². The summed E-state index contributed by atoms with van der Waals surface area (Å²) in [5.41, 5.74) is 3.26. The fraction of sp³-hybridized carbons (Fsp3) is 0.684. The molecule has 1 aromatic carbocycles. The van der Waals surface area contributed by atoms with Gasteiger partial charge in [0.15, 0.2) is 0 Å². The van der Waals surface area contributed by atoms with Crippen LogP contribution in [-0.4, -0.2) is 13.6 Å². The van der Waals surface area contributed by atoms with Gasteiger partial charge >= 0.3 is 0 Å². The van der Waals surface area contributed by atoms with Crippen LogP contribution in [0.4, 0.5) is 0 Å². The van der Waals surface area contributed by atoms with Crippen molar-refractivity contribution in [3.05, 3.63) is 35.4 Å². The molecule has 2 rings (SSSR count). The number of benzene rings is 1. The van der Waals surface area contributed by atoms with Gasteiger partial charge in [0.25, 0.3) is 0 Å². The van der Waals surface area contributed by atoms with E-state index in [1.807, 2.05) is 0 Å². The van der Waals surface area contributed by atoms with Crippen LogP contribution in [0, 0.1) is 5.92 Å². The maximum atomic E-state index is 3.40. The number of nitrogens with one attached hydrogen (secondary N) is 1. The van der Waals surface area contributed by atoms with Crippen LogP contribution in [0.5, 0.6) is 0 Å². The van der Waals surface area contributed by atoms with Gasteiger partial charge < -0.3 is 5.32 Å². The summed E-state index contributed by atoms with van der Waals surface area (Å²) in [4.78, 5) is 0. The molecular formula is C19H31N. The van der Waals surface area contributed by atoms with Gasteiger partial charge in [-0.3, -0.25) is 0 Å². The zero-order valence-corrected chi connectivity index (χ0v) is 13.7. The zero-order valence-electron chi connectivity index (χ0n) is 13.7. The first-order valence-corrected chi connectivity index (χ1v) is 8.27. The molecule has 0 heterocycles. The van der Waals surface area contributed by atoms with E-state index in [2.05, 4.69) is 57.4 Å². The Morgan fingerprint density at radius 2 is 1.65 bits per heavy atom. The molecule has 1 aromatic rings. The van der Waals surface area contributed by atoms with Crippen molar-refractivity contribution in [3.8, 4) is 0 Å². The SMILES string of the molecule is CNCC1CCCCCC1c1ccc(C(C)(C)C)cc1. The van der Waals surface area contributed by atoms with Crippen molar-refractivity contribution in [1.82, 2.24) is 5.32 Å². The summed E-state index contributed by atoms with van der Waals surface area (Å²) in [5.74, 6) is 1.56.